The van der Waals surface area contributed by atoms with Gasteiger partial charge in [-0.3, -0.25) is 4.79 Å². The number of amides is 1. The standard InChI is InChI=1S/C21H22N4O3/c1-2-27-19-6-4-3-5-18(19)24-11-13-25(14-12-24)21(26)17-9-7-16(8-10-17)20-23-22-15-28-20/h3-10,15H,2,11-14H2,1H3. The van der Waals surface area contributed by atoms with E-state index in [1.807, 2.05) is 42.2 Å². The minimum Gasteiger partial charge on any atom is -0.492 e. The second-order valence-electron chi connectivity index (χ2n) is 6.50. The van der Waals surface area contributed by atoms with Crippen molar-refractivity contribution in [3.8, 4) is 17.2 Å². The topological polar surface area (TPSA) is 71.7 Å². The summed E-state index contributed by atoms with van der Waals surface area (Å²) in [6.07, 6.45) is 1.29. The molecule has 28 heavy (non-hydrogen) atoms. The third kappa shape index (κ3) is 3.69. The molecule has 1 saturated heterocycles. The van der Waals surface area contributed by atoms with Gasteiger partial charge in [0.25, 0.3) is 5.91 Å². The number of para-hydroxylation sites is 2. The molecule has 0 radical (unpaired) electrons. The minimum atomic E-state index is 0.0369. The predicted octanol–water partition coefficient (Wildman–Crippen LogP) is 3.10. The first-order valence-corrected chi connectivity index (χ1v) is 9.39. The number of benzene rings is 2. The molecule has 1 fully saturated rings. The maximum Gasteiger partial charge on any atom is 0.253 e. The number of anilines is 1. The molecule has 1 aromatic heterocycles. The lowest BCUT2D eigenvalue weighted by Gasteiger charge is -2.36. The van der Waals surface area contributed by atoms with Gasteiger partial charge in [0, 0.05) is 37.3 Å². The predicted molar refractivity (Wildman–Crippen MR) is 105 cm³/mol. The average molecular weight is 378 g/mol. The molecule has 1 amide bonds. The summed E-state index contributed by atoms with van der Waals surface area (Å²) >= 11 is 0. The molecule has 2 heterocycles. The van der Waals surface area contributed by atoms with Gasteiger partial charge in [0.15, 0.2) is 0 Å². The monoisotopic (exact) mass is 378 g/mol. The fraction of sp³-hybridized carbons (Fsp3) is 0.286. The fourth-order valence-electron chi connectivity index (χ4n) is 3.38. The van der Waals surface area contributed by atoms with Crippen LogP contribution in [0.25, 0.3) is 11.5 Å². The zero-order chi connectivity index (χ0) is 19.3. The van der Waals surface area contributed by atoms with Crippen LogP contribution in [0, 0.1) is 0 Å². The van der Waals surface area contributed by atoms with E-state index in [2.05, 4.69) is 21.2 Å². The molecular weight excluding hydrogens is 356 g/mol. The molecule has 0 N–H and O–H groups in total. The van der Waals surface area contributed by atoms with Crippen molar-refractivity contribution in [2.45, 2.75) is 6.92 Å². The molecule has 1 aliphatic heterocycles. The highest BCUT2D eigenvalue weighted by Gasteiger charge is 2.23. The lowest BCUT2D eigenvalue weighted by atomic mass is 10.1. The Balaban J connectivity index is 1.40. The number of ether oxygens (including phenoxy) is 1. The molecule has 0 atom stereocenters. The Labute approximate surface area is 163 Å². The summed E-state index contributed by atoms with van der Waals surface area (Å²) in [6.45, 7) is 5.51. The van der Waals surface area contributed by atoms with Gasteiger partial charge in [-0.1, -0.05) is 12.1 Å². The van der Waals surface area contributed by atoms with Gasteiger partial charge in [-0.05, 0) is 43.3 Å². The van der Waals surface area contributed by atoms with Crippen molar-refractivity contribution in [3.63, 3.8) is 0 Å². The Hall–Kier alpha value is -3.35. The van der Waals surface area contributed by atoms with E-state index in [0.717, 1.165) is 30.1 Å². The van der Waals surface area contributed by atoms with Gasteiger partial charge < -0.3 is 19.0 Å². The van der Waals surface area contributed by atoms with Gasteiger partial charge in [0.2, 0.25) is 12.3 Å². The van der Waals surface area contributed by atoms with Gasteiger partial charge in [0.1, 0.15) is 5.75 Å². The number of rotatable bonds is 5. The van der Waals surface area contributed by atoms with Crippen LogP contribution in [-0.2, 0) is 0 Å². The van der Waals surface area contributed by atoms with Crippen LogP contribution >= 0.6 is 0 Å². The van der Waals surface area contributed by atoms with E-state index in [1.165, 1.54) is 6.39 Å². The molecule has 7 nitrogen and oxygen atoms in total. The van der Waals surface area contributed by atoms with E-state index >= 15 is 0 Å². The minimum absolute atomic E-state index is 0.0369. The number of nitrogens with zero attached hydrogens (tertiary/aromatic N) is 4. The molecule has 2 aromatic carbocycles. The molecule has 0 aliphatic carbocycles. The lowest BCUT2D eigenvalue weighted by molar-refractivity contribution is 0.0746. The first kappa shape index (κ1) is 18.0. The van der Waals surface area contributed by atoms with Gasteiger partial charge in [-0.15, -0.1) is 10.2 Å². The molecular formula is C21H22N4O3. The molecule has 0 saturated carbocycles. The average Bonchev–Trinajstić information content (AvgIpc) is 3.29. The van der Waals surface area contributed by atoms with Crippen LogP contribution < -0.4 is 9.64 Å². The van der Waals surface area contributed by atoms with Gasteiger partial charge in [0.05, 0.1) is 12.3 Å². The van der Waals surface area contributed by atoms with Crippen LogP contribution in [0.3, 0.4) is 0 Å². The summed E-state index contributed by atoms with van der Waals surface area (Å²) in [5, 5.41) is 7.55. The Bertz CT molecular complexity index is 917. The van der Waals surface area contributed by atoms with Gasteiger partial charge >= 0.3 is 0 Å². The number of hydrogen-bond donors (Lipinski definition) is 0. The highest BCUT2D eigenvalue weighted by atomic mass is 16.5. The van der Waals surface area contributed by atoms with Crippen molar-refractivity contribution in [1.29, 1.82) is 0 Å². The first-order valence-electron chi connectivity index (χ1n) is 9.39. The third-order valence-electron chi connectivity index (χ3n) is 4.81. The molecule has 3 aromatic rings. The number of carbonyl (C=O) groups is 1. The van der Waals surface area contributed by atoms with E-state index in [9.17, 15) is 4.79 Å². The lowest BCUT2D eigenvalue weighted by Crippen LogP contribution is -2.48. The third-order valence-corrected chi connectivity index (χ3v) is 4.81. The smallest absolute Gasteiger partial charge is 0.253 e. The van der Waals surface area contributed by atoms with E-state index in [4.69, 9.17) is 9.15 Å². The number of carbonyl (C=O) groups excluding carboxylic acids is 1. The van der Waals surface area contributed by atoms with Crippen LogP contribution in [0.4, 0.5) is 5.69 Å². The maximum atomic E-state index is 12.8. The zero-order valence-electron chi connectivity index (χ0n) is 15.7. The normalized spacial score (nSPS) is 14.2. The summed E-state index contributed by atoms with van der Waals surface area (Å²) in [5.41, 5.74) is 2.54. The summed E-state index contributed by atoms with van der Waals surface area (Å²) in [4.78, 5) is 17.0. The first-order chi connectivity index (χ1) is 13.8. The summed E-state index contributed by atoms with van der Waals surface area (Å²) in [7, 11) is 0. The van der Waals surface area contributed by atoms with Gasteiger partial charge in [-0.25, -0.2) is 0 Å². The largest absolute Gasteiger partial charge is 0.492 e. The van der Waals surface area contributed by atoms with E-state index in [-0.39, 0.29) is 5.91 Å². The van der Waals surface area contributed by atoms with Crippen molar-refractivity contribution in [2.75, 3.05) is 37.7 Å². The van der Waals surface area contributed by atoms with Gasteiger partial charge in [-0.2, -0.15) is 0 Å². The second kappa shape index (κ2) is 8.12. The van der Waals surface area contributed by atoms with Crippen molar-refractivity contribution >= 4 is 11.6 Å². The Morgan fingerprint density at radius 1 is 1.07 bits per heavy atom. The highest BCUT2D eigenvalue weighted by molar-refractivity contribution is 5.94. The molecule has 0 bridgehead atoms. The van der Waals surface area contributed by atoms with E-state index in [0.29, 0.717) is 31.2 Å². The molecule has 144 valence electrons. The van der Waals surface area contributed by atoms with Crippen LogP contribution in [0.2, 0.25) is 0 Å². The Morgan fingerprint density at radius 3 is 2.50 bits per heavy atom. The summed E-state index contributed by atoms with van der Waals surface area (Å²) < 4.78 is 10.9. The van der Waals surface area contributed by atoms with Crippen molar-refractivity contribution < 1.29 is 13.9 Å². The Kier molecular flexibility index (Phi) is 5.23. The molecule has 7 heteroatoms. The van der Waals surface area contributed by atoms with Crippen LogP contribution in [0.15, 0.2) is 59.3 Å². The summed E-state index contributed by atoms with van der Waals surface area (Å²) in [6, 6.07) is 15.3. The molecule has 4 rings (SSSR count). The van der Waals surface area contributed by atoms with Crippen LogP contribution in [-0.4, -0.2) is 53.8 Å². The molecule has 1 aliphatic rings. The Morgan fingerprint density at radius 2 is 1.82 bits per heavy atom. The van der Waals surface area contributed by atoms with Crippen LogP contribution in [0.5, 0.6) is 5.75 Å². The maximum absolute atomic E-state index is 12.8. The second-order valence-corrected chi connectivity index (χ2v) is 6.50. The van der Waals surface area contributed by atoms with E-state index < -0.39 is 0 Å². The number of piperazine rings is 1. The SMILES string of the molecule is CCOc1ccccc1N1CCN(C(=O)c2ccc(-c3nnco3)cc2)CC1. The van der Waals surface area contributed by atoms with E-state index in [1.54, 1.807) is 12.1 Å². The fourth-order valence-corrected chi connectivity index (χ4v) is 3.38. The highest BCUT2D eigenvalue weighted by Crippen LogP contribution is 2.29. The molecule has 0 unspecified atom stereocenters. The zero-order valence-corrected chi connectivity index (χ0v) is 15.7. The van der Waals surface area contributed by atoms with Crippen molar-refractivity contribution in [2.24, 2.45) is 0 Å². The quantitative estimate of drug-likeness (QED) is 0.679. The number of aromatic nitrogens is 2. The van der Waals surface area contributed by atoms with Crippen LogP contribution in [0.1, 0.15) is 17.3 Å². The summed E-state index contributed by atoms with van der Waals surface area (Å²) in [5.74, 6) is 1.37. The molecule has 0 spiro atoms. The number of hydrogen-bond acceptors (Lipinski definition) is 6. The van der Waals surface area contributed by atoms with Crippen molar-refractivity contribution in [1.82, 2.24) is 15.1 Å². The van der Waals surface area contributed by atoms with Crippen molar-refractivity contribution in [3.05, 3.63) is 60.5 Å².